The smallest absolute Gasteiger partial charge is 0.252 e. The van der Waals surface area contributed by atoms with Gasteiger partial charge < -0.3 is 5.73 Å². The maximum absolute atomic E-state index is 12.2. The predicted octanol–water partition coefficient (Wildman–Crippen LogP) is 0.888. The van der Waals surface area contributed by atoms with E-state index >= 15 is 0 Å². The fourth-order valence-corrected chi connectivity index (χ4v) is 2.91. The van der Waals surface area contributed by atoms with Crippen molar-refractivity contribution >= 4 is 10.0 Å². The predicted molar refractivity (Wildman–Crippen MR) is 59.9 cm³/mol. The fourth-order valence-electron chi connectivity index (χ4n) is 1.16. The average molecular weight is 258 g/mol. The molecule has 0 aromatic heterocycles. The highest BCUT2D eigenvalue weighted by Gasteiger charge is 2.24. The van der Waals surface area contributed by atoms with Crippen LogP contribution >= 0.6 is 0 Å². The minimum atomic E-state index is -3.60. The van der Waals surface area contributed by atoms with Gasteiger partial charge in [0.1, 0.15) is 0 Å². The Morgan fingerprint density at radius 3 is 2.25 bits per heavy atom. The summed E-state index contributed by atoms with van der Waals surface area (Å²) in [4.78, 5) is 0. The van der Waals surface area contributed by atoms with Gasteiger partial charge in [-0.25, -0.2) is 17.2 Å². The van der Waals surface area contributed by atoms with Gasteiger partial charge in [0, 0.05) is 13.1 Å². The van der Waals surface area contributed by atoms with Gasteiger partial charge in [-0.2, -0.15) is 4.31 Å². The van der Waals surface area contributed by atoms with Crippen molar-refractivity contribution in [3.05, 3.63) is 0 Å². The SMILES string of the molecule is CC(C)CCS(=O)(=O)N(CCN)CC(F)F. The van der Waals surface area contributed by atoms with E-state index in [1.54, 1.807) is 0 Å². The Morgan fingerprint density at radius 1 is 1.31 bits per heavy atom. The van der Waals surface area contributed by atoms with Crippen LogP contribution in [0.1, 0.15) is 20.3 Å². The molecule has 0 fully saturated rings. The van der Waals surface area contributed by atoms with E-state index in [0.29, 0.717) is 6.42 Å². The van der Waals surface area contributed by atoms with Gasteiger partial charge in [0.15, 0.2) is 0 Å². The topological polar surface area (TPSA) is 63.4 Å². The molecule has 0 aromatic carbocycles. The number of nitrogens with zero attached hydrogens (tertiary/aromatic N) is 1. The van der Waals surface area contributed by atoms with Gasteiger partial charge in [0.25, 0.3) is 6.43 Å². The highest BCUT2D eigenvalue weighted by molar-refractivity contribution is 7.89. The van der Waals surface area contributed by atoms with E-state index < -0.39 is 23.0 Å². The van der Waals surface area contributed by atoms with Gasteiger partial charge in [-0.3, -0.25) is 0 Å². The quantitative estimate of drug-likeness (QED) is 0.703. The number of alkyl halides is 2. The average Bonchev–Trinajstić information content (AvgIpc) is 2.14. The summed E-state index contributed by atoms with van der Waals surface area (Å²) in [6, 6.07) is 0. The summed E-state index contributed by atoms with van der Waals surface area (Å²) >= 11 is 0. The number of hydrogen-bond acceptors (Lipinski definition) is 3. The van der Waals surface area contributed by atoms with E-state index in [-0.39, 0.29) is 24.8 Å². The molecule has 0 aliphatic carbocycles. The second-order valence-corrected chi connectivity index (χ2v) is 6.12. The van der Waals surface area contributed by atoms with Crippen LogP contribution in [0.4, 0.5) is 8.78 Å². The van der Waals surface area contributed by atoms with Crippen LogP contribution in [0.2, 0.25) is 0 Å². The van der Waals surface area contributed by atoms with Crippen LogP contribution in [0, 0.1) is 5.92 Å². The lowest BCUT2D eigenvalue weighted by Gasteiger charge is -2.21. The molecule has 0 aliphatic heterocycles. The number of halogens is 2. The molecule has 0 saturated heterocycles. The second kappa shape index (κ2) is 7.13. The summed E-state index contributed by atoms with van der Waals surface area (Å²) in [5.74, 6) is 0.123. The molecule has 0 saturated carbocycles. The van der Waals surface area contributed by atoms with Crippen LogP contribution in [0.25, 0.3) is 0 Å². The zero-order chi connectivity index (χ0) is 12.8. The summed E-state index contributed by atoms with van der Waals surface area (Å²) < 4.78 is 48.6. The molecule has 0 amide bonds. The fraction of sp³-hybridized carbons (Fsp3) is 1.00. The summed E-state index contributed by atoms with van der Waals surface area (Å²) in [7, 11) is -3.60. The van der Waals surface area contributed by atoms with E-state index in [1.165, 1.54) is 0 Å². The minimum absolute atomic E-state index is 0.0492. The third-order valence-corrected chi connectivity index (χ3v) is 3.94. The summed E-state index contributed by atoms with van der Waals surface area (Å²) in [6.07, 6.45) is -2.20. The first kappa shape index (κ1) is 15.7. The maximum Gasteiger partial charge on any atom is 0.252 e. The summed E-state index contributed by atoms with van der Waals surface area (Å²) in [5, 5.41) is 0. The molecular weight excluding hydrogens is 238 g/mol. The zero-order valence-corrected chi connectivity index (χ0v) is 10.5. The van der Waals surface area contributed by atoms with E-state index in [0.717, 1.165) is 4.31 Å². The van der Waals surface area contributed by atoms with Crippen molar-refractivity contribution in [1.82, 2.24) is 4.31 Å². The van der Waals surface area contributed by atoms with Gasteiger partial charge >= 0.3 is 0 Å². The van der Waals surface area contributed by atoms with Gasteiger partial charge in [-0.1, -0.05) is 13.8 Å². The first-order chi connectivity index (χ1) is 7.29. The van der Waals surface area contributed by atoms with Crippen molar-refractivity contribution in [2.45, 2.75) is 26.7 Å². The molecule has 98 valence electrons. The minimum Gasteiger partial charge on any atom is -0.329 e. The molecule has 16 heavy (non-hydrogen) atoms. The zero-order valence-electron chi connectivity index (χ0n) is 9.70. The Labute approximate surface area is 95.9 Å². The van der Waals surface area contributed by atoms with Gasteiger partial charge in [0.2, 0.25) is 10.0 Å². The first-order valence-corrected chi connectivity index (χ1v) is 6.86. The number of hydrogen-bond donors (Lipinski definition) is 1. The molecule has 0 aromatic rings. The monoisotopic (exact) mass is 258 g/mol. The van der Waals surface area contributed by atoms with E-state index in [9.17, 15) is 17.2 Å². The largest absolute Gasteiger partial charge is 0.329 e. The van der Waals surface area contributed by atoms with E-state index in [1.807, 2.05) is 13.8 Å². The highest BCUT2D eigenvalue weighted by atomic mass is 32.2. The van der Waals surface area contributed by atoms with Crippen molar-refractivity contribution in [3.8, 4) is 0 Å². The molecule has 7 heteroatoms. The molecule has 0 aliphatic rings. The van der Waals surface area contributed by atoms with Gasteiger partial charge in [-0.05, 0) is 12.3 Å². The molecule has 0 heterocycles. The maximum atomic E-state index is 12.2. The molecule has 0 atom stereocenters. The Kier molecular flexibility index (Phi) is 7.01. The van der Waals surface area contributed by atoms with Crippen molar-refractivity contribution in [1.29, 1.82) is 0 Å². The summed E-state index contributed by atoms with van der Waals surface area (Å²) in [5.41, 5.74) is 5.21. The molecule has 0 bridgehead atoms. The number of rotatable bonds is 8. The molecule has 0 rings (SSSR count). The van der Waals surface area contributed by atoms with E-state index in [4.69, 9.17) is 5.73 Å². The molecule has 4 nitrogen and oxygen atoms in total. The molecule has 0 unspecified atom stereocenters. The highest BCUT2D eigenvalue weighted by Crippen LogP contribution is 2.10. The first-order valence-electron chi connectivity index (χ1n) is 5.25. The second-order valence-electron chi connectivity index (χ2n) is 4.04. The van der Waals surface area contributed by atoms with Crippen LogP contribution < -0.4 is 5.73 Å². The Morgan fingerprint density at radius 2 is 1.88 bits per heavy atom. The lowest BCUT2D eigenvalue weighted by Crippen LogP contribution is -2.40. The van der Waals surface area contributed by atoms with Crippen LogP contribution in [0.15, 0.2) is 0 Å². The third-order valence-electron chi connectivity index (χ3n) is 2.07. The van der Waals surface area contributed by atoms with Crippen molar-refractivity contribution in [2.75, 3.05) is 25.4 Å². The van der Waals surface area contributed by atoms with Crippen LogP contribution in [0.3, 0.4) is 0 Å². The normalized spacial score (nSPS) is 13.0. The standard InChI is InChI=1S/C9H20F2N2O2S/c1-8(2)3-6-16(14,15)13(5-4-12)7-9(10)11/h8-9H,3-7,12H2,1-2H3. The third kappa shape index (κ3) is 6.34. The number of sulfonamides is 1. The van der Waals surface area contributed by atoms with Gasteiger partial charge in [-0.15, -0.1) is 0 Å². The van der Waals surface area contributed by atoms with Crippen LogP contribution in [-0.4, -0.2) is 44.5 Å². The van der Waals surface area contributed by atoms with Gasteiger partial charge in [0.05, 0.1) is 12.3 Å². The molecule has 0 radical (unpaired) electrons. The lowest BCUT2D eigenvalue weighted by atomic mass is 10.2. The van der Waals surface area contributed by atoms with Crippen LogP contribution in [-0.2, 0) is 10.0 Å². The van der Waals surface area contributed by atoms with Crippen molar-refractivity contribution in [2.24, 2.45) is 11.7 Å². The Bertz CT molecular complexity index is 281. The molecule has 2 N–H and O–H groups in total. The molecule has 0 spiro atoms. The Balaban J connectivity index is 4.49. The van der Waals surface area contributed by atoms with E-state index in [2.05, 4.69) is 0 Å². The van der Waals surface area contributed by atoms with Crippen LogP contribution in [0.5, 0.6) is 0 Å². The van der Waals surface area contributed by atoms with Crippen molar-refractivity contribution < 1.29 is 17.2 Å². The lowest BCUT2D eigenvalue weighted by molar-refractivity contribution is 0.120. The van der Waals surface area contributed by atoms with Crippen molar-refractivity contribution in [3.63, 3.8) is 0 Å². The number of nitrogens with two attached hydrogens (primary N) is 1. The molecular formula is C9H20F2N2O2S. The Hall–Kier alpha value is -0.270. The summed E-state index contributed by atoms with van der Waals surface area (Å²) in [6.45, 7) is 3.00.